The zero-order valence-electron chi connectivity index (χ0n) is 11.2. The van der Waals surface area contributed by atoms with Crippen LogP contribution in [-0.2, 0) is 13.0 Å². The van der Waals surface area contributed by atoms with Crippen molar-refractivity contribution in [3.05, 3.63) is 35.4 Å². The molecule has 0 unspecified atom stereocenters. The topological polar surface area (TPSA) is 3.24 Å². The molecule has 1 aromatic rings. The summed E-state index contributed by atoms with van der Waals surface area (Å²) >= 11 is 0. The Labute approximate surface area is 100 Å². The van der Waals surface area contributed by atoms with Gasteiger partial charge in [0.2, 0.25) is 0 Å². The van der Waals surface area contributed by atoms with E-state index in [0.29, 0.717) is 0 Å². The summed E-state index contributed by atoms with van der Waals surface area (Å²) in [7, 11) is 0. The van der Waals surface area contributed by atoms with E-state index in [0.717, 1.165) is 25.6 Å². The quantitative estimate of drug-likeness (QED) is 0.704. The molecule has 0 aliphatic heterocycles. The van der Waals surface area contributed by atoms with Gasteiger partial charge in [-0.25, -0.2) is 0 Å². The fraction of sp³-hybridized carbons (Fsp3) is 0.600. The second-order valence-corrected chi connectivity index (χ2v) is 4.88. The zero-order chi connectivity index (χ0) is 12.0. The van der Waals surface area contributed by atoms with Gasteiger partial charge in [0.15, 0.2) is 0 Å². The minimum Gasteiger partial charge on any atom is -0.300 e. The summed E-state index contributed by atoms with van der Waals surface area (Å²) in [6.07, 6.45) is 1.19. The summed E-state index contributed by atoms with van der Waals surface area (Å²) in [6, 6.07) is 9.10. The van der Waals surface area contributed by atoms with Crippen molar-refractivity contribution in [3.63, 3.8) is 0 Å². The van der Waals surface area contributed by atoms with Crippen LogP contribution in [-0.4, -0.2) is 18.0 Å². The lowest BCUT2D eigenvalue weighted by Gasteiger charge is -2.18. The molecule has 0 spiro atoms. The molecular weight excluding hydrogens is 194 g/mol. The first kappa shape index (κ1) is 13.2. The summed E-state index contributed by atoms with van der Waals surface area (Å²) in [4.78, 5) is 2.44. The normalized spacial score (nSPS) is 11.4. The van der Waals surface area contributed by atoms with Crippen molar-refractivity contribution in [1.82, 2.24) is 4.90 Å². The van der Waals surface area contributed by atoms with Gasteiger partial charge in [-0.3, -0.25) is 4.90 Å². The molecular formula is C15H25N. The molecule has 1 nitrogen and oxygen atoms in total. The van der Waals surface area contributed by atoms with Crippen LogP contribution in [0.1, 0.15) is 38.8 Å². The molecule has 0 aromatic heterocycles. The van der Waals surface area contributed by atoms with Crippen molar-refractivity contribution in [2.75, 3.05) is 13.1 Å². The van der Waals surface area contributed by atoms with Gasteiger partial charge in [0.05, 0.1) is 0 Å². The molecule has 16 heavy (non-hydrogen) atoms. The van der Waals surface area contributed by atoms with E-state index in [1.54, 1.807) is 0 Å². The Bertz CT molecular complexity index is 283. The van der Waals surface area contributed by atoms with Crippen LogP contribution in [0.5, 0.6) is 0 Å². The maximum atomic E-state index is 2.44. The lowest BCUT2D eigenvalue weighted by Crippen LogP contribution is -2.22. The average molecular weight is 219 g/mol. The third kappa shape index (κ3) is 4.36. The van der Waals surface area contributed by atoms with E-state index in [1.807, 2.05) is 0 Å². The van der Waals surface area contributed by atoms with Crippen molar-refractivity contribution in [3.8, 4) is 0 Å². The fourth-order valence-corrected chi connectivity index (χ4v) is 1.96. The van der Waals surface area contributed by atoms with Crippen LogP contribution in [0.15, 0.2) is 24.3 Å². The van der Waals surface area contributed by atoms with Gasteiger partial charge in [-0.05, 0) is 36.6 Å². The van der Waals surface area contributed by atoms with Gasteiger partial charge < -0.3 is 0 Å². The van der Waals surface area contributed by atoms with Gasteiger partial charge >= 0.3 is 0 Å². The van der Waals surface area contributed by atoms with Gasteiger partial charge in [0, 0.05) is 6.54 Å². The van der Waals surface area contributed by atoms with Gasteiger partial charge in [-0.1, -0.05) is 52.0 Å². The SMILES string of the molecule is CCN(CC)Cc1ccc(CC(C)C)cc1. The molecule has 0 amide bonds. The Hall–Kier alpha value is -0.820. The number of rotatable bonds is 6. The third-order valence-electron chi connectivity index (χ3n) is 2.97. The molecule has 1 heteroatoms. The second-order valence-electron chi connectivity index (χ2n) is 4.88. The van der Waals surface area contributed by atoms with E-state index in [1.165, 1.54) is 17.5 Å². The second kappa shape index (κ2) is 6.70. The van der Waals surface area contributed by atoms with Gasteiger partial charge in [0.25, 0.3) is 0 Å². The van der Waals surface area contributed by atoms with E-state index in [9.17, 15) is 0 Å². The molecule has 0 radical (unpaired) electrons. The number of hydrogen-bond acceptors (Lipinski definition) is 1. The van der Waals surface area contributed by atoms with E-state index in [2.05, 4.69) is 56.9 Å². The minimum atomic E-state index is 0.744. The highest BCUT2D eigenvalue weighted by Crippen LogP contribution is 2.11. The van der Waals surface area contributed by atoms with Crippen LogP contribution in [0.2, 0.25) is 0 Å². The number of nitrogens with zero attached hydrogens (tertiary/aromatic N) is 1. The summed E-state index contributed by atoms with van der Waals surface area (Å²) in [6.45, 7) is 12.3. The van der Waals surface area contributed by atoms with Crippen molar-refractivity contribution >= 4 is 0 Å². The highest BCUT2D eigenvalue weighted by molar-refractivity contribution is 5.22. The van der Waals surface area contributed by atoms with E-state index >= 15 is 0 Å². The predicted octanol–water partition coefficient (Wildman–Crippen LogP) is 3.73. The zero-order valence-corrected chi connectivity index (χ0v) is 11.2. The lowest BCUT2D eigenvalue weighted by atomic mass is 10.0. The number of hydrogen-bond donors (Lipinski definition) is 0. The molecule has 0 aliphatic carbocycles. The highest BCUT2D eigenvalue weighted by Gasteiger charge is 2.02. The minimum absolute atomic E-state index is 0.744. The molecule has 0 aliphatic rings. The van der Waals surface area contributed by atoms with Crippen LogP contribution in [0.3, 0.4) is 0 Å². The summed E-state index contributed by atoms with van der Waals surface area (Å²) < 4.78 is 0. The molecule has 0 fully saturated rings. The smallest absolute Gasteiger partial charge is 0.0233 e. The third-order valence-corrected chi connectivity index (χ3v) is 2.97. The first-order valence-electron chi connectivity index (χ1n) is 6.45. The Morgan fingerprint density at radius 1 is 0.938 bits per heavy atom. The summed E-state index contributed by atoms with van der Waals surface area (Å²) in [5.41, 5.74) is 2.88. The Morgan fingerprint density at radius 3 is 1.88 bits per heavy atom. The van der Waals surface area contributed by atoms with E-state index in [-0.39, 0.29) is 0 Å². The fourth-order valence-electron chi connectivity index (χ4n) is 1.96. The van der Waals surface area contributed by atoms with Crippen molar-refractivity contribution < 1.29 is 0 Å². The number of benzene rings is 1. The first-order chi connectivity index (χ1) is 7.65. The largest absolute Gasteiger partial charge is 0.300 e. The van der Waals surface area contributed by atoms with Crippen LogP contribution >= 0.6 is 0 Å². The maximum absolute atomic E-state index is 2.44. The molecule has 90 valence electrons. The molecule has 0 saturated carbocycles. The molecule has 0 heterocycles. The van der Waals surface area contributed by atoms with Gasteiger partial charge in [-0.15, -0.1) is 0 Å². The van der Waals surface area contributed by atoms with Crippen LogP contribution in [0, 0.1) is 5.92 Å². The molecule has 0 N–H and O–H groups in total. The average Bonchev–Trinajstić information content (AvgIpc) is 2.27. The molecule has 1 rings (SSSR count). The molecule has 1 aromatic carbocycles. The summed E-state index contributed by atoms with van der Waals surface area (Å²) in [5, 5.41) is 0. The first-order valence-corrected chi connectivity index (χ1v) is 6.45. The predicted molar refractivity (Wildman–Crippen MR) is 71.6 cm³/mol. The van der Waals surface area contributed by atoms with Crippen LogP contribution < -0.4 is 0 Å². The van der Waals surface area contributed by atoms with Crippen LogP contribution in [0.4, 0.5) is 0 Å². The molecule has 0 atom stereocenters. The molecule has 0 bridgehead atoms. The summed E-state index contributed by atoms with van der Waals surface area (Å²) in [5.74, 6) is 0.744. The lowest BCUT2D eigenvalue weighted by molar-refractivity contribution is 0.296. The van der Waals surface area contributed by atoms with Crippen LogP contribution in [0.25, 0.3) is 0 Å². The molecule has 0 saturated heterocycles. The maximum Gasteiger partial charge on any atom is 0.0233 e. The Balaban J connectivity index is 2.57. The van der Waals surface area contributed by atoms with Crippen molar-refractivity contribution in [2.45, 2.75) is 40.7 Å². The Morgan fingerprint density at radius 2 is 1.44 bits per heavy atom. The van der Waals surface area contributed by atoms with Crippen molar-refractivity contribution in [2.24, 2.45) is 5.92 Å². The van der Waals surface area contributed by atoms with E-state index in [4.69, 9.17) is 0 Å². The van der Waals surface area contributed by atoms with E-state index < -0.39 is 0 Å². The highest BCUT2D eigenvalue weighted by atomic mass is 15.1. The standard InChI is InChI=1S/C15H25N/c1-5-16(6-2)12-15-9-7-14(8-10-15)11-13(3)4/h7-10,13H,5-6,11-12H2,1-4H3. The van der Waals surface area contributed by atoms with Gasteiger partial charge in [-0.2, -0.15) is 0 Å². The van der Waals surface area contributed by atoms with Crippen molar-refractivity contribution in [1.29, 1.82) is 0 Å². The monoisotopic (exact) mass is 219 g/mol. The Kier molecular flexibility index (Phi) is 5.54. The van der Waals surface area contributed by atoms with Gasteiger partial charge in [0.1, 0.15) is 0 Å².